The fourth-order valence-corrected chi connectivity index (χ4v) is 1.01. The van der Waals surface area contributed by atoms with E-state index in [1.54, 1.807) is 14.2 Å². The summed E-state index contributed by atoms with van der Waals surface area (Å²) in [6.45, 7) is 4.83. The maximum atomic E-state index is 10.8. The van der Waals surface area contributed by atoms with Gasteiger partial charge in [0.25, 0.3) is 0 Å². The molecule has 0 unspecified atom stereocenters. The van der Waals surface area contributed by atoms with Gasteiger partial charge in [0.2, 0.25) is 5.91 Å². The van der Waals surface area contributed by atoms with E-state index in [0.717, 1.165) is 32.3 Å². The molecule has 0 aliphatic rings. The van der Waals surface area contributed by atoms with Gasteiger partial charge in [-0.1, -0.05) is 26.7 Å². The molecule has 0 bridgehead atoms. The first-order chi connectivity index (χ1) is 6.81. The quantitative estimate of drug-likeness (QED) is 0.645. The van der Waals surface area contributed by atoms with Crippen LogP contribution in [0.2, 0.25) is 0 Å². The van der Waals surface area contributed by atoms with Gasteiger partial charge in [0.1, 0.15) is 0 Å². The fourth-order valence-electron chi connectivity index (χ4n) is 1.01. The molecule has 0 saturated heterocycles. The molecule has 14 heavy (non-hydrogen) atoms. The zero-order valence-corrected chi connectivity index (χ0v) is 10.1. The maximum absolute atomic E-state index is 10.8. The van der Waals surface area contributed by atoms with Gasteiger partial charge in [-0.3, -0.25) is 4.79 Å². The molecule has 0 aromatic carbocycles. The Labute approximate surface area is 88.2 Å². The summed E-state index contributed by atoms with van der Waals surface area (Å²) < 4.78 is 4.91. The molecule has 0 radical (unpaired) electrons. The highest BCUT2D eigenvalue weighted by Gasteiger charge is 1.96. The lowest BCUT2D eigenvalue weighted by molar-refractivity contribution is -0.120. The SMILES string of the molecule is CC.CNC(=O)CCCCCCOC. The zero-order chi connectivity index (χ0) is 11.2. The molecule has 0 aromatic rings. The van der Waals surface area contributed by atoms with Crippen molar-refractivity contribution in [3.63, 3.8) is 0 Å². The largest absolute Gasteiger partial charge is 0.385 e. The van der Waals surface area contributed by atoms with Gasteiger partial charge in [0.05, 0.1) is 0 Å². The van der Waals surface area contributed by atoms with Crippen molar-refractivity contribution in [3.8, 4) is 0 Å². The van der Waals surface area contributed by atoms with E-state index in [9.17, 15) is 4.79 Å². The first kappa shape index (κ1) is 15.9. The summed E-state index contributed by atoms with van der Waals surface area (Å²) in [5.41, 5.74) is 0. The highest BCUT2D eigenvalue weighted by molar-refractivity contribution is 5.75. The van der Waals surface area contributed by atoms with E-state index < -0.39 is 0 Å². The Bertz CT molecular complexity index is 116. The van der Waals surface area contributed by atoms with Crippen LogP contribution in [0.1, 0.15) is 46.0 Å². The molecule has 0 rings (SSSR count). The van der Waals surface area contributed by atoms with Crippen LogP contribution >= 0.6 is 0 Å². The van der Waals surface area contributed by atoms with Gasteiger partial charge in [0.15, 0.2) is 0 Å². The normalized spacial score (nSPS) is 8.86. The van der Waals surface area contributed by atoms with Crippen LogP contribution < -0.4 is 5.32 Å². The molecule has 1 amide bonds. The Kier molecular flexibility index (Phi) is 16.9. The summed E-state index contributed by atoms with van der Waals surface area (Å²) in [6.07, 6.45) is 5.03. The average Bonchev–Trinajstić information content (AvgIpc) is 2.25. The number of methoxy groups -OCH3 is 1. The third kappa shape index (κ3) is 14.0. The number of nitrogens with one attached hydrogen (secondary N) is 1. The number of carbonyl (C=O) groups excluding carboxylic acids is 1. The predicted molar refractivity (Wildman–Crippen MR) is 60.4 cm³/mol. The second kappa shape index (κ2) is 14.9. The Hall–Kier alpha value is -0.570. The molecule has 86 valence electrons. The van der Waals surface area contributed by atoms with Crippen molar-refractivity contribution in [2.75, 3.05) is 20.8 Å². The summed E-state index contributed by atoms with van der Waals surface area (Å²) in [4.78, 5) is 10.8. The summed E-state index contributed by atoms with van der Waals surface area (Å²) in [5.74, 6) is 0.141. The van der Waals surface area contributed by atoms with Crippen LogP contribution in [-0.2, 0) is 9.53 Å². The van der Waals surface area contributed by atoms with Crippen LogP contribution in [0.25, 0.3) is 0 Å². The van der Waals surface area contributed by atoms with Gasteiger partial charge in [-0.15, -0.1) is 0 Å². The van der Waals surface area contributed by atoms with Gasteiger partial charge < -0.3 is 10.1 Å². The number of rotatable bonds is 7. The van der Waals surface area contributed by atoms with E-state index in [-0.39, 0.29) is 5.91 Å². The lowest BCUT2D eigenvalue weighted by atomic mass is 10.1. The molecule has 0 saturated carbocycles. The molecule has 0 aromatic heterocycles. The Morgan fingerprint density at radius 1 is 1.14 bits per heavy atom. The zero-order valence-electron chi connectivity index (χ0n) is 10.1. The summed E-state index contributed by atoms with van der Waals surface area (Å²) >= 11 is 0. The Balaban J connectivity index is 0. The van der Waals surface area contributed by atoms with E-state index in [4.69, 9.17) is 4.74 Å². The average molecular weight is 203 g/mol. The van der Waals surface area contributed by atoms with Gasteiger partial charge in [0, 0.05) is 27.2 Å². The van der Waals surface area contributed by atoms with E-state index in [1.165, 1.54) is 0 Å². The van der Waals surface area contributed by atoms with E-state index >= 15 is 0 Å². The highest BCUT2D eigenvalue weighted by atomic mass is 16.5. The van der Waals surface area contributed by atoms with Crippen LogP contribution in [-0.4, -0.2) is 26.7 Å². The first-order valence-corrected chi connectivity index (χ1v) is 5.50. The number of ether oxygens (including phenoxy) is 1. The lowest BCUT2D eigenvalue weighted by Gasteiger charge is -2.00. The van der Waals surface area contributed by atoms with Crippen molar-refractivity contribution in [1.82, 2.24) is 5.32 Å². The van der Waals surface area contributed by atoms with Crippen LogP contribution in [0.5, 0.6) is 0 Å². The molecule has 0 aliphatic heterocycles. The Morgan fingerprint density at radius 3 is 2.21 bits per heavy atom. The molecule has 1 N–H and O–H groups in total. The minimum atomic E-state index is 0.141. The van der Waals surface area contributed by atoms with Crippen LogP contribution in [0.4, 0.5) is 0 Å². The van der Waals surface area contributed by atoms with Crippen molar-refractivity contribution >= 4 is 5.91 Å². The van der Waals surface area contributed by atoms with E-state index in [1.807, 2.05) is 13.8 Å². The van der Waals surface area contributed by atoms with Crippen LogP contribution in [0.15, 0.2) is 0 Å². The van der Waals surface area contributed by atoms with Gasteiger partial charge in [-0.2, -0.15) is 0 Å². The van der Waals surface area contributed by atoms with Crippen molar-refractivity contribution in [2.24, 2.45) is 0 Å². The van der Waals surface area contributed by atoms with Crippen molar-refractivity contribution in [3.05, 3.63) is 0 Å². The second-order valence-electron chi connectivity index (χ2n) is 2.83. The monoisotopic (exact) mass is 203 g/mol. The molecule has 0 spiro atoms. The summed E-state index contributed by atoms with van der Waals surface area (Å²) in [6, 6.07) is 0. The molecule has 3 nitrogen and oxygen atoms in total. The number of carbonyl (C=O) groups is 1. The third-order valence-electron chi connectivity index (χ3n) is 1.78. The molecular weight excluding hydrogens is 178 g/mol. The fraction of sp³-hybridized carbons (Fsp3) is 0.909. The van der Waals surface area contributed by atoms with Crippen LogP contribution in [0.3, 0.4) is 0 Å². The smallest absolute Gasteiger partial charge is 0.219 e. The van der Waals surface area contributed by atoms with Crippen molar-refractivity contribution in [2.45, 2.75) is 46.0 Å². The Morgan fingerprint density at radius 2 is 1.71 bits per heavy atom. The third-order valence-corrected chi connectivity index (χ3v) is 1.78. The second-order valence-corrected chi connectivity index (χ2v) is 2.83. The van der Waals surface area contributed by atoms with Crippen LogP contribution in [0, 0.1) is 0 Å². The van der Waals surface area contributed by atoms with Gasteiger partial charge in [-0.25, -0.2) is 0 Å². The number of unbranched alkanes of at least 4 members (excludes halogenated alkanes) is 3. The van der Waals surface area contributed by atoms with Gasteiger partial charge >= 0.3 is 0 Å². The first-order valence-electron chi connectivity index (χ1n) is 5.50. The number of hydrogen-bond donors (Lipinski definition) is 1. The maximum Gasteiger partial charge on any atom is 0.219 e. The van der Waals surface area contributed by atoms with Gasteiger partial charge in [-0.05, 0) is 12.8 Å². The minimum absolute atomic E-state index is 0.141. The highest BCUT2D eigenvalue weighted by Crippen LogP contribution is 2.02. The summed E-state index contributed by atoms with van der Waals surface area (Å²) in [5, 5.41) is 2.60. The molecule has 3 heteroatoms. The standard InChI is InChI=1S/C9H19NO2.C2H6/c1-10-9(11)7-5-3-4-6-8-12-2;1-2/h3-8H2,1-2H3,(H,10,11);1-2H3. The summed E-state index contributed by atoms with van der Waals surface area (Å²) in [7, 11) is 3.39. The number of hydrogen-bond acceptors (Lipinski definition) is 2. The molecular formula is C11H25NO2. The predicted octanol–water partition coefficient (Wildman–Crippen LogP) is 2.36. The van der Waals surface area contributed by atoms with E-state index in [0.29, 0.717) is 6.42 Å². The number of amides is 1. The van der Waals surface area contributed by atoms with E-state index in [2.05, 4.69) is 5.32 Å². The van der Waals surface area contributed by atoms with Crippen molar-refractivity contribution < 1.29 is 9.53 Å². The molecule has 0 aliphatic carbocycles. The lowest BCUT2D eigenvalue weighted by Crippen LogP contribution is -2.16. The topological polar surface area (TPSA) is 38.3 Å². The van der Waals surface area contributed by atoms with Crippen molar-refractivity contribution in [1.29, 1.82) is 0 Å². The molecule has 0 heterocycles. The molecule has 0 fully saturated rings. The molecule has 0 atom stereocenters. The minimum Gasteiger partial charge on any atom is -0.385 e.